The number of carbonyl (C=O) groups is 2. The fourth-order valence-electron chi connectivity index (χ4n) is 4.15. The fourth-order valence-corrected chi connectivity index (χ4v) is 4.15. The molecule has 2 aliphatic heterocycles. The maximum absolute atomic E-state index is 14.3. The van der Waals surface area contributed by atoms with Crippen LogP contribution in [0.4, 0.5) is 20.4 Å². The van der Waals surface area contributed by atoms with E-state index in [1.54, 1.807) is 18.2 Å². The summed E-state index contributed by atoms with van der Waals surface area (Å²) in [5.74, 6) is -1.76. The molecule has 0 fully saturated rings. The van der Waals surface area contributed by atoms with Gasteiger partial charge in [0.25, 0.3) is 11.8 Å². The number of nitrogens with zero attached hydrogens (tertiary/aromatic N) is 5. The minimum absolute atomic E-state index is 0.0187. The smallest absolute Gasteiger partial charge is 0.262 e. The lowest BCUT2D eigenvalue weighted by Gasteiger charge is -2.20. The monoisotopic (exact) mass is 463 g/mol. The number of benzene rings is 1. The number of amides is 2. The van der Waals surface area contributed by atoms with Crippen molar-refractivity contribution in [2.24, 2.45) is 0 Å². The van der Waals surface area contributed by atoms with Crippen LogP contribution in [0.3, 0.4) is 0 Å². The van der Waals surface area contributed by atoms with Crippen LogP contribution in [0, 0.1) is 11.6 Å². The first-order valence-corrected chi connectivity index (χ1v) is 10.3. The molecule has 1 atom stereocenters. The lowest BCUT2D eigenvalue weighted by Crippen LogP contribution is -2.34. The number of anilines is 2. The molecule has 0 saturated heterocycles. The van der Waals surface area contributed by atoms with Gasteiger partial charge in [0.2, 0.25) is 0 Å². The largest absolute Gasteiger partial charge is 0.351 e. The van der Waals surface area contributed by atoms with Gasteiger partial charge < -0.3 is 15.4 Å². The van der Waals surface area contributed by atoms with Gasteiger partial charge in [-0.05, 0) is 19.1 Å². The summed E-state index contributed by atoms with van der Waals surface area (Å²) in [6.45, 7) is 1.21. The van der Waals surface area contributed by atoms with Gasteiger partial charge in [0.15, 0.2) is 17.1 Å². The van der Waals surface area contributed by atoms with Crippen LogP contribution in [0.2, 0.25) is 0 Å². The SMILES string of the molecule is C[C@]12OCC(=O)Nc3nc(-c4nn(Cc5ccccc5F)c5ncc(F)cc45)nc(c31)NC2=O. The second-order valence-electron chi connectivity index (χ2n) is 8.07. The van der Waals surface area contributed by atoms with Gasteiger partial charge in [-0.1, -0.05) is 18.2 Å². The van der Waals surface area contributed by atoms with Crippen LogP contribution in [0.25, 0.3) is 22.6 Å². The molecule has 0 saturated carbocycles. The van der Waals surface area contributed by atoms with Crippen LogP contribution in [-0.4, -0.2) is 43.2 Å². The summed E-state index contributed by atoms with van der Waals surface area (Å²) in [4.78, 5) is 37.8. The number of hydrogen-bond donors (Lipinski definition) is 2. The van der Waals surface area contributed by atoms with Crippen LogP contribution in [0.15, 0.2) is 36.5 Å². The third kappa shape index (κ3) is 2.95. The first-order chi connectivity index (χ1) is 16.3. The third-order valence-corrected chi connectivity index (χ3v) is 5.84. The highest BCUT2D eigenvalue weighted by Gasteiger charge is 2.50. The van der Waals surface area contributed by atoms with E-state index in [0.29, 0.717) is 11.1 Å². The summed E-state index contributed by atoms with van der Waals surface area (Å²) in [5, 5.41) is 10.0. The first-order valence-electron chi connectivity index (χ1n) is 10.3. The van der Waals surface area contributed by atoms with Crippen molar-refractivity contribution in [1.29, 1.82) is 0 Å². The zero-order chi connectivity index (χ0) is 23.6. The number of rotatable bonds is 3. The van der Waals surface area contributed by atoms with Gasteiger partial charge in [0.05, 0.1) is 23.7 Å². The summed E-state index contributed by atoms with van der Waals surface area (Å²) >= 11 is 0. The molecule has 10 nitrogen and oxygen atoms in total. The van der Waals surface area contributed by atoms with E-state index < -0.39 is 29.0 Å². The quantitative estimate of drug-likeness (QED) is 0.478. The molecule has 12 heteroatoms. The topological polar surface area (TPSA) is 124 Å². The Bertz CT molecular complexity index is 1540. The molecule has 0 bridgehead atoms. The predicted octanol–water partition coefficient (Wildman–Crippen LogP) is 2.35. The van der Waals surface area contributed by atoms with Gasteiger partial charge in [0.1, 0.15) is 35.6 Å². The number of aromatic nitrogens is 5. The van der Waals surface area contributed by atoms with Crippen LogP contribution in [0.1, 0.15) is 18.1 Å². The number of carbonyl (C=O) groups excluding carboxylic acids is 2. The molecule has 5 heterocycles. The summed E-state index contributed by atoms with van der Waals surface area (Å²) in [6, 6.07) is 7.43. The van der Waals surface area contributed by atoms with Crippen molar-refractivity contribution >= 4 is 34.5 Å². The molecule has 3 aromatic heterocycles. The van der Waals surface area contributed by atoms with Crippen molar-refractivity contribution < 1.29 is 23.1 Å². The molecule has 34 heavy (non-hydrogen) atoms. The Hall–Kier alpha value is -4.32. The Labute approximate surface area is 190 Å². The zero-order valence-corrected chi connectivity index (χ0v) is 17.6. The molecule has 2 aliphatic rings. The molecule has 0 radical (unpaired) electrons. The second kappa shape index (κ2) is 7.09. The summed E-state index contributed by atoms with van der Waals surface area (Å²) in [5.41, 5.74) is -0.345. The van der Waals surface area contributed by atoms with Crippen LogP contribution < -0.4 is 10.6 Å². The van der Waals surface area contributed by atoms with E-state index in [1.165, 1.54) is 23.7 Å². The molecule has 2 amide bonds. The van der Waals surface area contributed by atoms with Crippen molar-refractivity contribution in [2.75, 3.05) is 17.2 Å². The van der Waals surface area contributed by atoms with E-state index >= 15 is 0 Å². The first kappa shape index (κ1) is 20.3. The molecular formula is C22H15F2N7O3. The maximum Gasteiger partial charge on any atom is 0.262 e. The van der Waals surface area contributed by atoms with E-state index in [2.05, 4.69) is 30.7 Å². The maximum atomic E-state index is 14.3. The van der Waals surface area contributed by atoms with Crippen molar-refractivity contribution in [2.45, 2.75) is 19.1 Å². The zero-order valence-electron chi connectivity index (χ0n) is 17.6. The van der Waals surface area contributed by atoms with Crippen molar-refractivity contribution in [3.8, 4) is 11.5 Å². The summed E-state index contributed by atoms with van der Waals surface area (Å²) < 4.78 is 35.4. The molecule has 6 rings (SSSR count). The van der Waals surface area contributed by atoms with Crippen molar-refractivity contribution in [1.82, 2.24) is 24.7 Å². The minimum atomic E-state index is -1.44. The summed E-state index contributed by atoms with van der Waals surface area (Å²) in [7, 11) is 0. The fraction of sp³-hybridized carbons (Fsp3) is 0.182. The molecule has 0 unspecified atom stereocenters. The Balaban J connectivity index is 1.55. The summed E-state index contributed by atoms with van der Waals surface area (Å²) in [6.07, 6.45) is 1.03. The Morgan fingerprint density at radius 1 is 1.15 bits per heavy atom. The Kier molecular flexibility index (Phi) is 4.23. The predicted molar refractivity (Wildman–Crippen MR) is 115 cm³/mol. The van der Waals surface area contributed by atoms with Crippen molar-refractivity contribution in [3.63, 3.8) is 0 Å². The number of nitrogens with one attached hydrogen (secondary N) is 2. The third-order valence-electron chi connectivity index (χ3n) is 5.84. The van der Waals surface area contributed by atoms with Crippen LogP contribution in [-0.2, 0) is 26.5 Å². The Morgan fingerprint density at radius 2 is 1.91 bits per heavy atom. The van der Waals surface area contributed by atoms with Gasteiger partial charge >= 0.3 is 0 Å². The molecule has 1 aromatic carbocycles. The van der Waals surface area contributed by atoms with Gasteiger partial charge in [0, 0.05) is 5.56 Å². The molecule has 2 N–H and O–H groups in total. The standard InChI is InChI=1S/C22H15F2N7O3/c1-22-15-17(26-14(32)9-34-22)27-19(28-18(15)29-21(22)33)16-12-6-11(23)7-25-20(12)31(30-16)8-10-4-2-3-5-13(10)24/h2-7H,8-9H2,1H3,(H2,26,27,28,29,32,33)/t22-/m0/s1. The molecule has 0 spiro atoms. The van der Waals surface area contributed by atoms with E-state index in [9.17, 15) is 18.4 Å². The van der Waals surface area contributed by atoms with Gasteiger partial charge in [-0.15, -0.1) is 0 Å². The van der Waals surface area contributed by atoms with Crippen molar-refractivity contribution in [3.05, 3.63) is 59.3 Å². The molecule has 4 aromatic rings. The lowest BCUT2D eigenvalue weighted by atomic mass is 9.99. The van der Waals surface area contributed by atoms with Gasteiger partial charge in [-0.2, -0.15) is 5.10 Å². The highest BCUT2D eigenvalue weighted by atomic mass is 19.1. The van der Waals surface area contributed by atoms with Gasteiger partial charge in [-0.25, -0.2) is 28.4 Å². The molecular weight excluding hydrogens is 448 g/mol. The molecule has 170 valence electrons. The van der Waals surface area contributed by atoms with E-state index in [0.717, 1.165) is 6.20 Å². The number of hydrogen-bond acceptors (Lipinski definition) is 7. The normalized spacial score (nSPS) is 19.0. The molecule has 0 aliphatic carbocycles. The average molecular weight is 463 g/mol. The van der Waals surface area contributed by atoms with Crippen LogP contribution in [0.5, 0.6) is 0 Å². The average Bonchev–Trinajstić information content (AvgIpc) is 3.23. The number of halogens is 2. The number of ether oxygens (including phenoxy) is 1. The lowest BCUT2D eigenvalue weighted by molar-refractivity contribution is -0.142. The highest BCUT2D eigenvalue weighted by molar-refractivity contribution is 6.08. The van der Waals surface area contributed by atoms with E-state index in [4.69, 9.17) is 4.74 Å². The van der Waals surface area contributed by atoms with Crippen LogP contribution >= 0.6 is 0 Å². The van der Waals surface area contributed by atoms with E-state index in [1.807, 2.05) is 0 Å². The highest BCUT2D eigenvalue weighted by Crippen LogP contribution is 2.44. The van der Waals surface area contributed by atoms with E-state index in [-0.39, 0.29) is 47.3 Å². The number of fused-ring (bicyclic) bond motifs is 1. The number of pyridine rings is 1. The second-order valence-corrected chi connectivity index (χ2v) is 8.07. The Morgan fingerprint density at radius 3 is 2.71 bits per heavy atom. The van der Waals surface area contributed by atoms with Gasteiger partial charge in [-0.3, -0.25) is 9.59 Å². The minimum Gasteiger partial charge on any atom is -0.351 e.